The number of hydrogen-bond donors (Lipinski definition) is 1. The van der Waals surface area contributed by atoms with Crippen molar-refractivity contribution < 1.29 is 67.7 Å². The van der Waals surface area contributed by atoms with E-state index in [0.717, 1.165) is 51.5 Å². The van der Waals surface area contributed by atoms with Gasteiger partial charge in [0.25, 0.3) is 0 Å². The maximum Gasteiger partial charge on any atom is 1.00 e. The molecule has 1 aromatic carbocycles. The minimum atomic E-state index is 0. The number of benzene rings is 1. The number of nitrogens with one attached hydrogen (secondary N) is 1. The fourth-order valence-corrected chi connectivity index (χ4v) is 2.75. The zero-order chi connectivity index (χ0) is 18.5. The number of hydrogen-bond acceptors (Lipinski definition) is 2. The summed E-state index contributed by atoms with van der Waals surface area (Å²) in [4.78, 5) is 10.5. The van der Waals surface area contributed by atoms with Gasteiger partial charge in [-0.15, -0.1) is 12.6 Å². The summed E-state index contributed by atoms with van der Waals surface area (Å²) in [6.45, 7) is 6.90. The molecule has 0 spiro atoms. The Morgan fingerprint density at radius 3 is 2.12 bits per heavy atom. The second kappa shape index (κ2) is 15.4. The molecule has 1 N–H and O–H groups in total. The van der Waals surface area contributed by atoms with Crippen LogP contribution in [0.1, 0.15) is 64.9 Å². The molecular weight excluding hydrogens is 398 g/mol. The van der Waals surface area contributed by atoms with Gasteiger partial charge in [0.2, 0.25) is 6.41 Å². The topological polar surface area (TPSA) is 52.4 Å². The Labute approximate surface area is 209 Å². The minimum absolute atomic E-state index is 0. The third-order valence-corrected chi connectivity index (χ3v) is 4.47. The maximum absolute atomic E-state index is 10.5. The van der Waals surface area contributed by atoms with Crippen LogP contribution in [-0.4, -0.2) is 31.2 Å². The molecule has 0 atom stereocenters. The van der Waals surface area contributed by atoms with E-state index >= 15 is 0 Å². The largest absolute Gasteiger partial charge is 1.00 e. The Morgan fingerprint density at radius 2 is 1.65 bits per heavy atom. The monoisotopic (exact) mass is 432 g/mol. The fraction of sp³-hybridized carbons (Fsp3) is 0.667. The molecule has 142 valence electrons. The van der Waals surface area contributed by atoms with E-state index in [4.69, 9.17) is 10.1 Å². The molecule has 0 unspecified atom stereocenters. The second-order valence-electron chi connectivity index (χ2n) is 7.64. The summed E-state index contributed by atoms with van der Waals surface area (Å²) in [7, 11) is 1.71. The molecule has 1 aromatic rings. The smallest absolute Gasteiger partial charge is 0.656 e. The molecule has 1 aliphatic carbocycles. The van der Waals surface area contributed by atoms with E-state index < -0.39 is 0 Å². The van der Waals surface area contributed by atoms with E-state index in [1.54, 1.807) is 7.11 Å². The van der Waals surface area contributed by atoms with Crippen LogP contribution in [0.5, 0.6) is 0 Å². The van der Waals surface area contributed by atoms with Crippen LogP contribution in [0.4, 0.5) is 0 Å². The zero-order valence-electron chi connectivity index (χ0n) is 17.3. The molecule has 5 heteroatoms. The van der Waals surface area contributed by atoms with Gasteiger partial charge in [0.15, 0.2) is 0 Å². The van der Waals surface area contributed by atoms with Crippen LogP contribution in [-0.2, 0) is 16.1 Å². The van der Waals surface area contributed by atoms with Crippen molar-refractivity contribution in [2.24, 2.45) is 0 Å². The van der Waals surface area contributed by atoms with E-state index in [-0.39, 0.29) is 63.8 Å². The number of carbonyl (C=O) groups excluding carboxylic acids is 1. The van der Waals surface area contributed by atoms with Crippen LogP contribution in [0.2, 0.25) is 0 Å². The van der Waals surface area contributed by atoms with Gasteiger partial charge >= 0.3 is 58.2 Å². The molecule has 1 aliphatic rings. The Kier molecular flexibility index (Phi) is 15.6. The summed E-state index contributed by atoms with van der Waals surface area (Å²) in [5.41, 5.74) is 1.34. The average molecular weight is 433 g/mol. The van der Waals surface area contributed by atoms with E-state index in [1.165, 1.54) is 5.56 Å². The first kappa shape index (κ1) is 26.4. The Hall–Kier alpha value is 0.415. The third kappa shape index (κ3) is 13.6. The molecule has 0 aliphatic heterocycles. The van der Waals surface area contributed by atoms with Gasteiger partial charge in [0, 0.05) is 13.2 Å². The van der Waals surface area contributed by atoms with Crippen LogP contribution < -0.4 is 63.5 Å². The summed E-state index contributed by atoms with van der Waals surface area (Å²) in [5, 5.41) is 7.75. The number of amides is 1. The standard InChI is InChI=1S/C16H23N2O.C5H12O.Rb/c19-13-18-16-10-4-8-15(9-5-11-16)17-12-14-6-2-1-3-7-14;1-5(2,3)6-4;/h1-3,6-7,13,15-16H,4-5,8-12H2,(H,18,19);1-4H3;/q-1;;+1. The Balaban J connectivity index is 0.000000777. The molecule has 2 rings (SSSR count). The third-order valence-electron chi connectivity index (χ3n) is 4.47. The zero-order valence-corrected chi connectivity index (χ0v) is 22.2. The van der Waals surface area contributed by atoms with Crippen molar-refractivity contribution in [2.75, 3.05) is 7.11 Å². The average Bonchev–Trinajstić information content (AvgIpc) is 2.57. The molecule has 1 fully saturated rings. The molecule has 0 saturated heterocycles. The molecule has 1 amide bonds. The molecule has 26 heavy (non-hydrogen) atoms. The van der Waals surface area contributed by atoms with Crippen molar-refractivity contribution in [1.29, 1.82) is 0 Å². The van der Waals surface area contributed by atoms with Crippen LogP contribution in [0, 0.1) is 0 Å². The first-order chi connectivity index (χ1) is 11.9. The van der Waals surface area contributed by atoms with Gasteiger partial charge in [-0.3, -0.25) is 4.79 Å². The van der Waals surface area contributed by atoms with Gasteiger partial charge < -0.3 is 15.4 Å². The van der Waals surface area contributed by atoms with Crippen molar-refractivity contribution >= 4 is 6.41 Å². The summed E-state index contributed by atoms with van der Waals surface area (Å²) >= 11 is 0. The van der Waals surface area contributed by atoms with Crippen LogP contribution in [0.25, 0.3) is 5.32 Å². The van der Waals surface area contributed by atoms with Crippen LogP contribution in [0.3, 0.4) is 0 Å². The van der Waals surface area contributed by atoms with Gasteiger partial charge in [0.1, 0.15) is 0 Å². The number of nitrogens with zero attached hydrogens (tertiary/aromatic N) is 1. The van der Waals surface area contributed by atoms with Crippen molar-refractivity contribution in [3.05, 3.63) is 41.2 Å². The first-order valence-electron chi connectivity index (χ1n) is 9.40. The summed E-state index contributed by atoms with van der Waals surface area (Å²) < 4.78 is 4.94. The summed E-state index contributed by atoms with van der Waals surface area (Å²) in [6.07, 6.45) is 7.66. The first-order valence-corrected chi connectivity index (χ1v) is 9.40. The van der Waals surface area contributed by atoms with Crippen molar-refractivity contribution in [3.8, 4) is 0 Å². The molecule has 0 aromatic heterocycles. The molecule has 0 heterocycles. The molecule has 4 nitrogen and oxygen atoms in total. The fourth-order valence-electron chi connectivity index (χ4n) is 2.75. The summed E-state index contributed by atoms with van der Waals surface area (Å²) in [5.74, 6) is 0. The number of rotatable bonds is 5. The number of ether oxygens (including phenoxy) is 1. The van der Waals surface area contributed by atoms with Crippen LogP contribution >= 0.6 is 0 Å². The van der Waals surface area contributed by atoms with E-state index in [2.05, 4.69) is 29.6 Å². The van der Waals surface area contributed by atoms with Crippen molar-refractivity contribution in [2.45, 2.75) is 83.5 Å². The van der Waals surface area contributed by atoms with Crippen molar-refractivity contribution in [1.82, 2.24) is 5.32 Å². The van der Waals surface area contributed by atoms with Gasteiger partial charge in [-0.05, 0) is 33.6 Å². The Bertz CT molecular complexity index is 453. The number of methoxy groups -OCH3 is 1. The van der Waals surface area contributed by atoms with E-state index in [0.29, 0.717) is 12.1 Å². The van der Waals surface area contributed by atoms with E-state index in [9.17, 15) is 4.79 Å². The van der Waals surface area contributed by atoms with Gasteiger partial charge in [-0.2, -0.15) is 0 Å². The molecular formula is C21H35N2O2Rb. The van der Waals surface area contributed by atoms with Gasteiger partial charge in [-0.1, -0.05) is 61.6 Å². The summed E-state index contributed by atoms with van der Waals surface area (Å²) in [6, 6.07) is 11.3. The molecule has 0 radical (unpaired) electrons. The number of carbonyl (C=O) groups is 1. The molecule has 0 bridgehead atoms. The minimum Gasteiger partial charge on any atom is -0.656 e. The van der Waals surface area contributed by atoms with Gasteiger partial charge in [-0.25, -0.2) is 0 Å². The maximum atomic E-state index is 10.5. The SMILES string of the molecule is COC(C)(C)C.O=CNC1CCCC([N-]Cc2ccccc2)CCC1.[Rb+]. The predicted octanol–water partition coefficient (Wildman–Crippen LogP) is 1.83. The Morgan fingerprint density at radius 1 is 1.12 bits per heavy atom. The van der Waals surface area contributed by atoms with Crippen molar-refractivity contribution in [3.63, 3.8) is 0 Å². The second-order valence-corrected chi connectivity index (χ2v) is 7.64. The molecule has 1 saturated carbocycles. The normalized spacial score (nSPS) is 20.5. The van der Waals surface area contributed by atoms with Crippen LogP contribution in [0.15, 0.2) is 30.3 Å². The van der Waals surface area contributed by atoms with Gasteiger partial charge in [0.05, 0.1) is 5.60 Å². The quantitative estimate of drug-likeness (QED) is 0.722. The predicted molar refractivity (Wildman–Crippen MR) is 105 cm³/mol. The van der Waals surface area contributed by atoms with E-state index in [1.807, 2.05) is 26.8 Å².